The summed E-state index contributed by atoms with van der Waals surface area (Å²) in [6.07, 6.45) is 0.583. The third-order valence-corrected chi connectivity index (χ3v) is 3.48. The molecule has 0 atom stereocenters. The van der Waals surface area contributed by atoms with Crippen molar-refractivity contribution in [1.29, 1.82) is 0 Å². The summed E-state index contributed by atoms with van der Waals surface area (Å²) in [4.78, 5) is 10.6. The van der Waals surface area contributed by atoms with Crippen LogP contribution in [0.4, 0.5) is 8.78 Å². The van der Waals surface area contributed by atoms with E-state index in [9.17, 15) is 13.6 Å². The molecule has 1 aromatic carbocycles. The number of hydrogen-bond acceptors (Lipinski definition) is 3. The van der Waals surface area contributed by atoms with Gasteiger partial charge in [-0.3, -0.25) is 4.79 Å². The second kappa shape index (κ2) is 5.83. The number of alkyl halides is 2. The average molecular weight is 396 g/mol. The Labute approximate surface area is 123 Å². The van der Waals surface area contributed by atoms with Crippen molar-refractivity contribution in [2.45, 2.75) is 6.61 Å². The maximum absolute atomic E-state index is 12.1. The number of aldehydes is 1. The Morgan fingerprint density at radius 2 is 1.84 bits per heavy atom. The van der Waals surface area contributed by atoms with E-state index in [1.54, 1.807) is 6.07 Å². The third-order valence-electron chi connectivity index (χ3n) is 2.23. The van der Waals surface area contributed by atoms with E-state index in [-0.39, 0.29) is 11.5 Å². The number of rotatable bonds is 4. The van der Waals surface area contributed by atoms with Gasteiger partial charge in [0.1, 0.15) is 11.5 Å². The second-order valence-electron chi connectivity index (χ2n) is 3.46. The number of carbonyl (C=O) groups excluding carboxylic acids is 1. The summed E-state index contributed by atoms with van der Waals surface area (Å²) in [5, 5.41) is 0. The Balaban J connectivity index is 2.44. The first kappa shape index (κ1) is 14.2. The lowest BCUT2D eigenvalue weighted by Gasteiger charge is -2.09. The van der Waals surface area contributed by atoms with E-state index in [4.69, 9.17) is 4.42 Å². The zero-order valence-electron chi connectivity index (χ0n) is 9.20. The first-order chi connectivity index (χ1) is 9.01. The molecule has 0 spiro atoms. The molecule has 0 saturated carbocycles. The number of halogens is 4. The van der Waals surface area contributed by atoms with Gasteiger partial charge >= 0.3 is 6.61 Å². The van der Waals surface area contributed by atoms with Gasteiger partial charge in [-0.15, -0.1) is 0 Å². The molecule has 0 aliphatic carbocycles. The highest BCUT2D eigenvalue weighted by molar-refractivity contribution is 9.11. The predicted molar refractivity (Wildman–Crippen MR) is 71.6 cm³/mol. The lowest BCUT2D eigenvalue weighted by atomic mass is 10.1. The van der Waals surface area contributed by atoms with Crippen molar-refractivity contribution in [2.75, 3.05) is 0 Å². The zero-order chi connectivity index (χ0) is 14.0. The van der Waals surface area contributed by atoms with Gasteiger partial charge in [-0.05, 0) is 56.1 Å². The molecule has 0 unspecified atom stereocenters. The number of benzene rings is 1. The van der Waals surface area contributed by atoms with Crippen LogP contribution in [0.2, 0.25) is 0 Å². The van der Waals surface area contributed by atoms with Crippen LogP contribution in [-0.2, 0) is 0 Å². The minimum absolute atomic E-state index is 0.0136. The normalized spacial score (nSPS) is 10.8. The van der Waals surface area contributed by atoms with Crippen molar-refractivity contribution in [1.82, 2.24) is 0 Å². The fraction of sp³-hybridized carbons (Fsp3) is 0.0833. The summed E-state index contributed by atoms with van der Waals surface area (Å²) in [7, 11) is 0. The Morgan fingerprint density at radius 3 is 2.32 bits per heavy atom. The van der Waals surface area contributed by atoms with E-state index >= 15 is 0 Å². The summed E-state index contributed by atoms with van der Waals surface area (Å²) < 4.78 is 34.9. The van der Waals surface area contributed by atoms with Crippen molar-refractivity contribution in [3.63, 3.8) is 0 Å². The first-order valence-corrected chi connectivity index (χ1v) is 6.59. The van der Waals surface area contributed by atoms with Crippen LogP contribution in [0.15, 0.2) is 37.6 Å². The van der Waals surface area contributed by atoms with Crippen LogP contribution in [0.25, 0.3) is 11.3 Å². The first-order valence-electron chi connectivity index (χ1n) is 5.00. The Bertz CT molecular complexity index is 588. The Kier molecular flexibility index (Phi) is 4.36. The summed E-state index contributed by atoms with van der Waals surface area (Å²) in [6.45, 7) is -2.89. The molecule has 2 rings (SSSR count). The standard InChI is InChI=1S/C12H6Br2F2O3/c13-8-3-7(19-12(15)16)4-9(14)11(8)10-2-1-6(5-17)18-10/h1-5,12H. The van der Waals surface area contributed by atoms with Crippen LogP contribution >= 0.6 is 31.9 Å². The molecule has 1 heterocycles. The van der Waals surface area contributed by atoms with Crippen molar-refractivity contribution in [3.8, 4) is 17.1 Å². The molecule has 100 valence electrons. The fourth-order valence-electron chi connectivity index (χ4n) is 1.51. The Morgan fingerprint density at radius 1 is 1.21 bits per heavy atom. The molecule has 0 aliphatic heterocycles. The minimum Gasteiger partial charge on any atom is -0.453 e. The topological polar surface area (TPSA) is 39.4 Å². The van der Waals surface area contributed by atoms with Gasteiger partial charge in [-0.2, -0.15) is 8.78 Å². The van der Waals surface area contributed by atoms with E-state index in [1.807, 2.05) is 0 Å². The lowest BCUT2D eigenvalue weighted by Crippen LogP contribution is -2.02. The van der Waals surface area contributed by atoms with E-state index in [1.165, 1.54) is 18.2 Å². The van der Waals surface area contributed by atoms with E-state index in [0.29, 0.717) is 26.6 Å². The minimum atomic E-state index is -2.89. The van der Waals surface area contributed by atoms with E-state index in [0.717, 1.165) is 0 Å². The van der Waals surface area contributed by atoms with Crippen molar-refractivity contribution >= 4 is 38.1 Å². The molecule has 0 fully saturated rings. The van der Waals surface area contributed by atoms with Crippen LogP contribution in [0, 0.1) is 0 Å². The largest absolute Gasteiger partial charge is 0.453 e. The molecular weight excluding hydrogens is 390 g/mol. The Hall–Kier alpha value is -1.21. The molecule has 19 heavy (non-hydrogen) atoms. The quantitative estimate of drug-likeness (QED) is 0.692. The molecule has 3 nitrogen and oxygen atoms in total. The molecule has 2 aromatic rings. The molecule has 1 aromatic heterocycles. The molecule has 0 amide bonds. The molecular formula is C12H6Br2F2O3. The third kappa shape index (κ3) is 3.22. The maximum atomic E-state index is 12.1. The molecule has 0 N–H and O–H groups in total. The van der Waals surface area contributed by atoms with Gasteiger partial charge in [0.05, 0.1) is 0 Å². The molecule has 0 radical (unpaired) electrons. The average Bonchev–Trinajstić information content (AvgIpc) is 2.75. The van der Waals surface area contributed by atoms with Crippen LogP contribution in [0.3, 0.4) is 0 Å². The predicted octanol–water partition coefficient (Wildman–Crippen LogP) is 4.89. The smallest absolute Gasteiger partial charge is 0.387 e. The summed E-state index contributed by atoms with van der Waals surface area (Å²) in [6, 6.07) is 5.93. The van der Waals surface area contributed by atoms with Gasteiger partial charge in [0, 0.05) is 14.5 Å². The lowest BCUT2D eigenvalue weighted by molar-refractivity contribution is -0.0499. The fourth-order valence-corrected chi connectivity index (χ4v) is 3.04. The second-order valence-corrected chi connectivity index (χ2v) is 5.17. The SMILES string of the molecule is O=Cc1ccc(-c2c(Br)cc(OC(F)F)cc2Br)o1. The number of hydrogen-bond donors (Lipinski definition) is 0. The van der Waals surface area contributed by atoms with E-state index < -0.39 is 6.61 Å². The van der Waals surface area contributed by atoms with Crippen LogP contribution in [0.5, 0.6) is 5.75 Å². The summed E-state index contributed by atoms with van der Waals surface area (Å²) in [5.74, 6) is 0.630. The zero-order valence-corrected chi connectivity index (χ0v) is 12.4. The van der Waals surface area contributed by atoms with Gasteiger partial charge in [0.25, 0.3) is 0 Å². The van der Waals surface area contributed by atoms with Gasteiger partial charge in [0.2, 0.25) is 0 Å². The highest BCUT2D eigenvalue weighted by atomic mass is 79.9. The summed E-state index contributed by atoms with van der Waals surface area (Å²) in [5.41, 5.74) is 0.606. The monoisotopic (exact) mass is 394 g/mol. The molecule has 7 heteroatoms. The van der Waals surface area contributed by atoms with Gasteiger partial charge < -0.3 is 9.15 Å². The van der Waals surface area contributed by atoms with Crippen molar-refractivity contribution in [2.24, 2.45) is 0 Å². The summed E-state index contributed by atoms with van der Waals surface area (Å²) >= 11 is 6.51. The van der Waals surface area contributed by atoms with Gasteiger partial charge in [-0.25, -0.2) is 0 Å². The highest BCUT2D eigenvalue weighted by Gasteiger charge is 2.15. The van der Waals surface area contributed by atoms with Crippen molar-refractivity contribution in [3.05, 3.63) is 39.0 Å². The highest BCUT2D eigenvalue weighted by Crippen LogP contribution is 2.39. The maximum Gasteiger partial charge on any atom is 0.387 e. The number of ether oxygens (including phenoxy) is 1. The van der Waals surface area contributed by atoms with Gasteiger partial charge in [0.15, 0.2) is 12.0 Å². The number of carbonyl (C=O) groups is 1. The van der Waals surface area contributed by atoms with Crippen molar-refractivity contribution < 1.29 is 22.7 Å². The van der Waals surface area contributed by atoms with Crippen LogP contribution in [0.1, 0.15) is 10.6 Å². The van der Waals surface area contributed by atoms with Crippen LogP contribution < -0.4 is 4.74 Å². The molecule has 0 bridgehead atoms. The molecule has 0 aliphatic rings. The molecule has 0 saturated heterocycles. The van der Waals surface area contributed by atoms with Gasteiger partial charge in [-0.1, -0.05) is 0 Å². The van der Waals surface area contributed by atoms with Crippen LogP contribution in [-0.4, -0.2) is 12.9 Å². The number of furan rings is 1. The van der Waals surface area contributed by atoms with E-state index in [2.05, 4.69) is 36.6 Å².